The van der Waals surface area contributed by atoms with Crippen molar-refractivity contribution in [1.29, 1.82) is 0 Å². The van der Waals surface area contributed by atoms with E-state index in [2.05, 4.69) is 10.3 Å². The van der Waals surface area contributed by atoms with Crippen molar-refractivity contribution >= 4 is 41.0 Å². The molecule has 1 saturated heterocycles. The van der Waals surface area contributed by atoms with E-state index in [1.165, 1.54) is 23.1 Å². The second kappa shape index (κ2) is 12.0. The van der Waals surface area contributed by atoms with Crippen molar-refractivity contribution in [3.63, 3.8) is 0 Å². The van der Waals surface area contributed by atoms with Gasteiger partial charge in [-0.3, -0.25) is 19.5 Å². The summed E-state index contributed by atoms with van der Waals surface area (Å²) in [4.78, 5) is 32.9. The minimum absolute atomic E-state index is 0.182. The molecule has 10 heteroatoms. The monoisotopic (exact) mass is 566 g/mol. The van der Waals surface area contributed by atoms with Gasteiger partial charge >= 0.3 is 0 Å². The van der Waals surface area contributed by atoms with Crippen LogP contribution >= 0.6 is 23.2 Å². The number of amides is 2. The number of carbonyl (C=O) groups is 2. The van der Waals surface area contributed by atoms with Gasteiger partial charge in [-0.05, 0) is 55.3 Å². The quantitative estimate of drug-likeness (QED) is 0.273. The van der Waals surface area contributed by atoms with Gasteiger partial charge in [0.15, 0.2) is 0 Å². The fourth-order valence-electron chi connectivity index (χ4n) is 4.44. The number of nitrogens with zero attached hydrogens (tertiary/aromatic N) is 3. The first-order chi connectivity index (χ1) is 18.9. The van der Waals surface area contributed by atoms with E-state index in [0.717, 1.165) is 18.4 Å². The number of hydrogen-bond donors (Lipinski definition) is 1. The Hall–Kier alpha value is -3.72. The molecule has 39 heavy (non-hydrogen) atoms. The Morgan fingerprint density at radius 3 is 2.54 bits per heavy atom. The number of imidazole rings is 1. The summed E-state index contributed by atoms with van der Waals surface area (Å²) < 4.78 is 21.0. The molecule has 5 rings (SSSR count). The van der Waals surface area contributed by atoms with E-state index >= 15 is 0 Å². The van der Waals surface area contributed by atoms with Crippen LogP contribution in [0.2, 0.25) is 10.0 Å². The van der Waals surface area contributed by atoms with Crippen molar-refractivity contribution in [2.45, 2.75) is 18.9 Å². The Bertz CT molecular complexity index is 1470. The van der Waals surface area contributed by atoms with Crippen molar-refractivity contribution in [3.8, 4) is 16.9 Å². The smallest absolute Gasteiger partial charge is 0.255 e. The number of nitrogens with one attached hydrogen (secondary N) is 1. The normalized spacial score (nSPS) is 14.8. The third-order valence-corrected chi connectivity index (χ3v) is 6.91. The molecule has 0 bridgehead atoms. The van der Waals surface area contributed by atoms with Crippen molar-refractivity contribution in [1.82, 2.24) is 14.5 Å². The third-order valence-electron chi connectivity index (χ3n) is 6.36. The van der Waals surface area contributed by atoms with Crippen LogP contribution in [0.25, 0.3) is 16.9 Å². The fraction of sp³-hybridized carbons (Fsp3) is 0.207. The highest BCUT2D eigenvalue weighted by molar-refractivity contribution is 6.36. The summed E-state index contributed by atoms with van der Waals surface area (Å²) >= 11 is 12.3. The number of halogens is 3. The van der Waals surface area contributed by atoms with Gasteiger partial charge in [0.25, 0.3) is 5.91 Å². The summed E-state index contributed by atoms with van der Waals surface area (Å²) in [5.74, 6) is -1.01. The molecule has 200 valence electrons. The largest absolute Gasteiger partial charge is 0.376 e. The molecule has 1 aliphatic rings. The molecule has 0 saturated carbocycles. The SMILES string of the molecule is O=C(CN(CC1CCCO1)C(=O)c1ccc(Cl)cc1Cl)Nc1nc(-c2ccccc2)cn1-c1ccc(F)cc1. The van der Waals surface area contributed by atoms with E-state index in [0.29, 0.717) is 23.0 Å². The molecular weight excluding hydrogens is 542 g/mol. The molecule has 7 nitrogen and oxygen atoms in total. The van der Waals surface area contributed by atoms with Crippen molar-refractivity contribution in [2.24, 2.45) is 0 Å². The second-order valence-electron chi connectivity index (χ2n) is 9.16. The maximum Gasteiger partial charge on any atom is 0.255 e. The zero-order valence-corrected chi connectivity index (χ0v) is 22.3. The maximum absolute atomic E-state index is 13.6. The van der Waals surface area contributed by atoms with Gasteiger partial charge in [-0.15, -0.1) is 0 Å². The van der Waals surface area contributed by atoms with Crippen LogP contribution in [0.3, 0.4) is 0 Å². The standard InChI is InChI=1S/C29H25Cl2FN4O3/c30-20-8-13-24(25(31)15-20)28(38)35(16-23-7-4-14-39-23)18-27(37)34-29-33-26(19-5-2-1-3-6-19)17-36(29)22-11-9-21(32)10-12-22/h1-3,5-6,8-13,15,17,23H,4,7,14,16,18H2,(H,33,34,37). The van der Waals surface area contributed by atoms with Gasteiger partial charge in [-0.25, -0.2) is 9.37 Å². The lowest BCUT2D eigenvalue weighted by Crippen LogP contribution is -2.42. The highest BCUT2D eigenvalue weighted by atomic mass is 35.5. The first-order valence-electron chi connectivity index (χ1n) is 12.4. The van der Waals surface area contributed by atoms with E-state index in [1.54, 1.807) is 35.0 Å². The molecule has 1 unspecified atom stereocenters. The van der Waals surface area contributed by atoms with Crippen LogP contribution < -0.4 is 5.32 Å². The van der Waals surface area contributed by atoms with Gasteiger partial charge in [0, 0.05) is 35.6 Å². The predicted molar refractivity (Wildman–Crippen MR) is 149 cm³/mol. The zero-order valence-electron chi connectivity index (χ0n) is 20.8. The zero-order chi connectivity index (χ0) is 27.4. The molecule has 4 aromatic rings. The van der Waals surface area contributed by atoms with Crippen LogP contribution in [0.5, 0.6) is 0 Å². The lowest BCUT2D eigenvalue weighted by Gasteiger charge is -2.25. The van der Waals surface area contributed by atoms with Gasteiger partial charge in [-0.2, -0.15) is 0 Å². The van der Waals surface area contributed by atoms with Crippen LogP contribution in [0, 0.1) is 5.82 Å². The van der Waals surface area contributed by atoms with E-state index in [4.69, 9.17) is 27.9 Å². The molecule has 0 radical (unpaired) electrons. The Kier molecular flexibility index (Phi) is 8.26. The Morgan fingerprint density at radius 2 is 1.85 bits per heavy atom. The van der Waals surface area contributed by atoms with Crippen LogP contribution in [-0.4, -0.2) is 52.1 Å². The van der Waals surface area contributed by atoms with Gasteiger partial charge in [0.2, 0.25) is 11.9 Å². The van der Waals surface area contributed by atoms with Crippen molar-refractivity contribution in [3.05, 3.63) is 100 Å². The molecular formula is C29H25Cl2FN4O3. The lowest BCUT2D eigenvalue weighted by molar-refractivity contribution is -0.117. The Labute approximate surface area is 235 Å². The van der Waals surface area contributed by atoms with E-state index in [9.17, 15) is 14.0 Å². The average molecular weight is 567 g/mol. The number of anilines is 1. The second-order valence-corrected chi connectivity index (χ2v) is 10.00. The summed E-state index contributed by atoms with van der Waals surface area (Å²) in [6.45, 7) is 0.583. The van der Waals surface area contributed by atoms with E-state index in [1.807, 2.05) is 30.3 Å². The van der Waals surface area contributed by atoms with Crippen molar-refractivity contribution in [2.75, 3.05) is 25.0 Å². The number of carbonyl (C=O) groups excluding carboxylic acids is 2. The molecule has 0 aliphatic carbocycles. The summed E-state index contributed by atoms with van der Waals surface area (Å²) in [7, 11) is 0. The minimum atomic E-state index is -0.458. The van der Waals surface area contributed by atoms with Crippen LogP contribution in [-0.2, 0) is 9.53 Å². The van der Waals surface area contributed by atoms with E-state index in [-0.39, 0.29) is 41.5 Å². The summed E-state index contributed by atoms with van der Waals surface area (Å²) in [6.07, 6.45) is 3.26. The van der Waals surface area contributed by atoms with Crippen LogP contribution in [0.15, 0.2) is 79.0 Å². The molecule has 1 fully saturated rings. The number of hydrogen-bond acceptors (Lipinski definition) is 4. The number of benzene rings is 3. The number of aromatic nitrogens is 2. The molecule has 1 aliphatic heterocycles. The van der Waals surface area contributed by atoms with Gasteiger partial charge in [-0.1, -0.05) is 53.5 Å². The molecule has 2 amide bonds. The third kappa shape index (κ3) is 6.47. The molecule has 1 aromatic heterocycles. The summed E-state index contributed by atoms with van der Waals surface area (Å²) in [5.41, 5.74) is 2.32. The fourth-order valence-corrected chi connectivity index (χ4v) is 4.93. The van der Waals surface area contributed by atoms with Gasteiger partial charge in [0.05, 0.1) is 22.4 Å². The predicted octanol–water partition coefficient (Wildman–Crippen LogP) is 6.25. The molecule has 1 N–H and O–H groups in total. The first kappa shape index (κ1) is 26.9. The van der Waals surface area contributed by atoms with Gasteiger partial charge < -0.3 is 9.64 Å². The maximum atomic E-state index is 13.6. The lowest BCUT2D eigenvalue weighted by atomic mass is 10.1. The summed E-state index contributed by atoms with van der Waals surface area (Å²) in [6, 6.07) is 20.0. The number of ether oxygens (including phenoxy) is 1. The van der Waals surface area contributed by atoms with Crippen LogP contribution in [0.1, 0.15) is 23.2 Å². The number of rotatable bonds is 8. The molecule has 3 aromatic carbocycles. The highest BCUT2D eigenvalue weighted by Gasteiger charge is 2.27. The highest BCUT2D eigenvalue weighted by Crippen LogP contribution is 2.26. The van der Waals surface area contributed by atoms with Crippen LogP contribution in [0.4, 0.5) is 10.3 Å². The minimum Gasteiger partial charge on any atom is -0.376 e. The molecule has 2 heterocycles. The van der Waals surface area contributed by atoms with E-state index < -0.39 is 11.8 Å². The summed E-state index contributed by atoms with van der Waals surface area (Å²) in [5, 5.41) is 3.43. The topological polar surface area (TPSA) is 76.5 Å². The molecule has 1 atom stereocenters. The Balaban J connectivity index is 1.42. The Morgan fingerprint density at radius 1 is 1.08 bits per heavy atom. The molecule has 0 spiro atoms. The van der Waals surface area contributed by atoms with Crippen molar-refractivity contribution < 1.29 is 18.7 Å². The van der Waals surface area contributed by atoms with Gasteiger partial charge in [0.1, 0.15) is 12.4 Å². The average Bonchev–Trinajstić information content (AvgIpc) is 3.59. The first-order valence-corrected chi connectivity index (χ1v) is 13.2.